The van der Waals surface area contributed by atoms with E-state index in [4.69, 9.17) is 75.8 Å². The molecule has 0 aliphatic carbocycles. The minimum Gasteiger partial charge on any atom is -0.550 e. The van der Waals surface area contributed by atoms with E-state index in [-0.39, 0.29) is 277 Å². The van der Waals surface area contributed by atoms with Gasteiger partial charge in [-0.1, -0.05) is 0 Å². The molecule has 30 aliphatic rings. The van der Waals surface area contributed by atoms with Crippen molar-refractivity contribution in [2.45, 2.75) is 303 Å². The molecule has 0 aromatic rings. The summed E-state index contributed by atoms with van der Waals surface area (Å²) >= 11 is 6.28. The van der Waals surface area contributed by atoms with E-state index < -0.39 is 390 Å². The van der Waals surface area contributed by atoms with E-state index in [2.05, 4.69) is 0 Å². The summed E-state index contributed by atoms with van der Waals surface area (Å²) in [6.07, 6.45) is -88.6. The predicted octanol–water partition coefficient (Wildman–Crippen LogP) is -42.3. The molecule has 16 N–H and O–H groups in total. The quantitative estimate of drug-likeness (QED) is 0.0201. The summed E-state index contributed by atoms with van der Waals surface area (Å²) in [6, 6.07) is 0. The summed E-state index contributed by atoms with van der Waals surface area (Å²) in [5, 5.41) is 287. The fourth-order valence-electron chi connectivity index (χ4n) is 14.6. The normalized spacial score (nSPS) is 39.3. The van der Waals surface area contributed by atoms with Crippen LogP contribution >= 0.6 is 94.1 Å². The van der Waals surface area contributed by atoms with Crippen molar-refractivity contribution < 1.29 is 473 Å². The van der Waals surface area contributed by atoms with Crippen molar-refractivity contribution in [3.8, 4) is 0 Å². The molecule has 30 fully saturated rings. The number of aliphatic hydroxyl groups excluding tert-OH is 16. The molecule has 0 amide bonds. The van der Waals surface area contributed by atoms with Gasteiger partial charge in [-0.3, -0.25) is 0 Å². The van der Waals surface area contributed by atoms with Crippen LogP contribution in [0.25, 0.3) is 0 Å². The van der Waals surface area contributed by atoms with Gasteiger partial charge >= 0.3 is 236 Å². The van der Waals surface area contributed by atoms with Gasteiger partial charge in [-0.05, 0) is 92.1 Å². The Morgan fingerprint density at radius 1 is 0.206 bits per heavy atom. The van der Waals surface area contributed by atoms with Crippen molar-refractivity contribution >= 4 is 142 Å². The molecule has 41 atom stereocenters. The maximum absolute atomic E-state index is 12.2. The number of carbonyl (C=O) groups is 8. The van der Waals surface area contributed by atoms with Crippen LogP contribution in [-0.2, 0) is 114 Å². The number of thioether (sulfide) groups is 8. The number of hydrogen-bond donors (Lipinski definition) is 16. The van der Waals surface area contributed by atoms with Crippen molar-refractivity contribution in [1.29, 1.82) is 0 Å². The Labute approximate surface area is 990 Å². The average Bonchev–Trinajstić information content (AvgIpc) is 0.767. The van der Waals surface area contributed by atoms with Crippen molar-refractivity contribution in [1.82, 2.24) is 0 Å². The van der Waals surface area contributed by atoms with Gasteiger partial charge in [0.15, 0.2) is 50.3 Å². The SMILES string of the molecule is CC(SC[C@H]1O[C@@H]2O[C@H]3[C@H](O)[C@@H](O)[C@H](O[C@@H]3CSCCC(=O)[O-])O[C@H]3C(O)[C@@H](O)[C@@H](O[C@H]4[C@H](O)[C@@H](O)C(O[C@H]5[C@H](O)[C@@H](O)[C@@H](O[C@H]6[C@H](O)[C@@H](O)[C@H](O[C@@H]6CSCCC(=O)[O-])O[C@H]6C(O)[C@@H](O)[C@@H](O[C@H]7[C@H](O)[C@@H](O)[C@@H](O[C@H]1[C@H](O)[C@H]2O)O[C@@H]7CSCCC(=O)[O-])O[C@@H]6CSCCC(=O)[O-])O[C@@H]5CSCCC(=O)[O-])O[C@@H]4CSCCC(=O)[O-])O[C@@H]3CSCCC(=O)[O-])C(=O)[O-].[Na+].[Na+].[Na+].[Na+].[Na+].[Na+].[Na+].[Na+]. The van der Waals surface area contributed by atoms with Crippen molar-refractivity contribution in [2.24, 2.45) is 0 Å². The Balaban J connectivity index is 0.0000116. The molecule has 0 spiro atoms. The van der Waals surface area contributed by atoms with Crippen LogP contribution in [0.15, 0.2) is 0 Å². The number of rotatable bonds is 39. The number of aliphatic hydroxyl groups is 16. The third kappa shape index (κ3) is 40.9. The molecule has 30 aliphatic heterocycles. The summed E-state index contributed by atoms with van der Waals surface area (Å²) in [5.41, 5.74) is 0. The first kappa shape index (κ1) is 139. The molecule has 0 saturated carbocycles. The zero-order valence-electron chi connectivity index (χ0n) is 75.7. The first-order valence-corrected chi connectivity index (χ1v) is 49.4. The number of carboxylic acid groups (broad SMARTS) is 8. The molecule has 0 radical (unpaired) electrons. The van der Waals surface area contributed by atoms with Gasteiger partial charge in [0, 0.05) is 93.1 Å². The van der Waals surface area contributed by atoms with Gasteiger partial charge in [0.05, 0.1) is 54.8 Å². The van der Waals surface area contributed by atoms with E-state index in [1.165, 1.54) is 6.92 Å². The monoisotopic (exact) mass is 2180 g/mol. The number of aliphatic carboxylic acids is 8. The summed E-state index contributed by atoms with van der Waals surface area (Å²) in [4.78, 5) is 93.9. The largest absolute Gasteiger partial charge is 1.00 e. The van der Waals surface area contributed by atoms with Crippen molar-refractivity contribution in [3.05, 3.63) is 0 Å². The first-order chi connectivity index (χ1) is 60.6. The van der Waals surface area contributed by atoms with E-state index in [1.807, 2.05) is 0 Å². The standard InChI is InChI=1S/C72H112O48S8.8Na/c1-24(64(103)104)128-23-32-63-47(94)55(102)72(112-32)119-62-31(22-127-15-8-39(85)86)110-70(53(100)45(62)92)117-60-29(20-125-13-6-37(81)82)108-68(51(98)43(60)90)115-58-27(18-123-11-4-35(77)78)106-66(49(96)41(58)88)113-56-25(16-121-9-2-33(73)74)105-65(48(95)40(56)87)114-57-26(17-122-10-3-34(75)76)107-67(50(97)42(57)89)116-59-28(19-124-12-5-36(79)80)109-69(52(99)44(59)91)118-61-30(21-126-14-7-38(83)84)111-71(120-63)54(101)46(61)93;;;;;;;;/h24-32,40-63,65-72,87-102H,2-23H2,1H3,(H,73,74)(H,75,76)(H,77,78)(H,79,80)(H,81,82)(H,83,84)(H,85,86)(H,103,104);;;;;;;;/q;8*+1/p-8/t24?,25-,26-,27-,28-,29-,30-,31-,32-,40-,41-,42-,43?,44?,45-,46-,47-,48-,49-,50-,51-,52-,53-,54-,55-,56-,57-,58-,59-,60-,61-,62-,63-,65-,66?,67-,68-,69-,70-,71-,72-;;;;;;;;/m1......../s1. The molecule has 136 heavy (non-hydrogen) atoms. The maximum Gasteiger partial charge on any atom is 1.00 e. The topological polar surface area (TPSA) is 792 Å². The maximum atomic E-state index is 12.2. The van der Waals surface area contributed by atoms with E-state index in [0.29, 0.717) is 11.8 Å². The third-order valence-electron chi connectivity index (χ3n) is 21.4. The average molecular weight is 2180 g/mol. The van der Waals surface area contributed by atoms with Crippen molar-refractivity contribution in [2.75, 3.05) is 86.3 Å². The summed E-state index contributed by atoms with van der Waals surface area (Å²) in [5.74, 6) is -17.7. The minimum absolute atomic E-state index is 0. The van der Waals surface area contributed by atoms with Gasteiger partial charge in [-0.15, -0.1) is 11.8 Å². The van der Waals surface area contributed by atoms with Gasteiger partial charge < -0.3 is 237 Å². The number of hydrogen-bond acceptors (Lipinski definition) is 56. The van der Waals surface area contributed by atoms with Gasteiger partial charge in [-0.25, -0.2) is 0 Å². The Morgan fingerprint density at radius 3 is 0.434 bits per heavy atom. The third-order valence-corrected chi connectivity index (χ3v) is 30.0. The van der Waals surface area contributed by atoms with E-state index >= 15 is 0 Å². The minimum atomic E-state index is -2.39. The molecule has 64 heteroatoms. The zero-order valence-corrected chi connectivity index (χ0v) is 98.2. The second-order valence-electron chi connectivity index (χ2n) is 30.7. The van der Waals surface area contributed by atoms with Crippen LogP contribution in [0.4, 0.5) is 0 Å². The van der Waals surface area contributed by atoms with Crippen LogP contribution in [-0.4, -0.2) is 467 Å². The Hall–Kier alpha value is 5.28. The molecule has 48 nitrogen and oxygen atoms in total. The molecule has 30 rings (SSSR count). The summed E-state index contributed by atoms with van der Waals surface area (Å²) in [7, 11) is 0. The van der Waals surface area contributed by atoms with Gasteiger partial charge in [0.1, 0.15) is 146 Å². The molecule has 0 aromatic carbocycles. The second-order valence-corrected chi connectivity index (χ2v) is 40.1. The molecular formula is C72H104Na8O48S8. The molecule has 16 bridgehead atoms. The van der Waals surface area contributed by atoms with Crippen LogP contribution < -0.4 is 277 Å². The van der Waals surface area contributed by atoms with Crippen LogP contribution in [0.1, 0.15) is 51.9 Å². The van der Waals surface area contributed by atoms with E-state index in [1.54, 1.807) is 0 Å². The van der Waals surface area contributed by atoms with Crippen LogP contribution in [0.2, 0.25) is 0 Å². The van der Waals surface area contributed by atoms with Crippen LogP contribution in [0, 0.1) is 0 Å². The van der Waals surface area contributed by atoms with E-state index in [0.717, 1.165) is 82.3 Å². The van der Waals surface area contributed by atoms with Gasteiger partial charge in [0.25, 0.3) is 0 Å². The fourth-order valence-corrected chi connectivity index (χ4v) is 22.3. The van der Waals surface area contributed by atoms with Crippen LogP contribution in [0.3, 0.4) is 0 Å². The summed E-state index contributed by atoms with van der Waals surface area (Å²) in [6.45, 7) is 1.17. The first-order valence-electron chi connectivity index (χ1n) is 40.3. The Kier molecular flexibility index (Phi) is 70.9. The molecule has 30 saturated heterocycles. The number of ether oxygens (including phenoxy) is 16. The summed E-state index contributed by atoms with van der Waals surface area (Å²) < 4.78 is 99.4. The molecule has 4 unspecified atom stereocenters. The molecular weight excluding hydrogens is 2070 g/mol. The molecule has 30 heterocycles. The molecule has 0 aromatic heterocycles. The van der Waals surface area contributed by atoms with Gasteiger partial charge in [0.2, 0.25) is 0 Å². The predicted molar refractivity (Wildman–Crippen MR) is 420 cm³/mol. The zero-order chi connectivity index (χ0) is 93.8. The van der Waals surface area contributed by atoms with Gasteiger partial charge in [-0.2, -0.15) is 82.3 Å². The van der Waals surface area contributed by atoms with Crippen molar-refractivity contribution in [3.63, 3.8) is 0 Å². The van der Waals surface area contributed by atoms with Crippen LogP contribution in [0.5, 0.6) is 0 Å². The van der Waals surface area contributed by atoms with E-state index in [9.17, 15) is 161 Å². The molecule has 736 valence electrons. The fraction of sp³-hybridized carbons (Fsp3) is 0.889. The number of carboxylic acids is 8. The second kappa shape index (κ2) is 69.2. The number of carbonyl (C=O) groups excluding carboxylic acids is 8. The smallest absolute Gasteiger partial charge is 0.550 e. The Morgan fingerprint density at radius 2 is 0.324 bits per heavy atom. The Bertz CT molecular complexity index is 3400.